The highest BCUT2D eigenvalue weighted by molar-refractivity contribution is 7.99. The van der Waals surface area contributed by atoms with Gasteiger partial charge in [0.15, 0.2) is 0 Å². The van der Waals surface area contributed by atoms with Crippen molar-refractivity contribution in [2.24, 2.45) is 11.5 Å². The van der Waals surface area contributed by atoms with Crippen LogP contribution in [0, 0.1) is 6.92 Å². The standard InChI is InChI=1S/C11H16N2OS/c1-8-3-2-4-9(7-8)15-6-5-10(12)11(13)14/h2-4,7,10H,5-6,12H2,1H3,(H2,13,14). The highest BCUT2D eigenvalue weighted by atomic mass is 32.2. The molecular weight excluding hydrogens is 208 g/mol. The van der Waals surface area contributed by atoms with Crippen LogP contribution in [-0.2, 0) is 4.79 Å². The predicted molar refractivity (Wildman–Crippen MR) is 63.7 cm³/mol. The Morgan fingerprint density at radius 2 is 2.27 bits per heavy atom. The first-order valence-electron chi connectivity index (χ1n) is 4.84. The van der Waals surface area contributed by atoms with E-state index in [4.69, 9.17) is 11.5 Å². The van der Waals surface area contributed by atoms with Crippen molar-refractivity contribution >= 4 is 17.7 Å². The lowest BCUT2D eigenvalue weighted by Crippen LogP contribution is -2.36. The van der Waals surface area contributed by atoms with E-state index in [2.05, 4.69) is 19.1 Å². The van der Waals surface area contributed by atoms with Crippen LogP contribution in [0.4, 0.5) is 0 Å². The Hall–Kier alpha value is -1.00. The van der Waals surface area contributed by atoms with E-state index in [1.807, 2.05) is 12.1 Å². The van der Waals surface area contributed by atoms with Gasteiger partial charge in [-0.1, -0.05) is 17.7 Å². The summed E-state index contributed by atoms with van der Waals surface area (Å²) in [6, 6.07) is 7.71. The second kappa shape index (κ2) is 5.78. The van der Waals surface area contributed by atoms with Gasteiger partial charge in [0.25, 0.3) is 0 Å². The maximum absolute atomic E-state index is 10.7. The fourth-order valence-electron chi connectivity index (χ4n) is 1.15. The molecule has 1 aromatic carbocycles. The van der Waals surface area contributed by atoms with Crippen LogP contribution in [0.5, 0.6) is 0 Å². The number of hydrogen-bond acceptors (Lipinski definition) is 3. The third-order valence-electron chi connectivity index (χ3n) is 2.05. The molecule has 0 aromatic heterocycles. The molecule has 1 amide bonds. The van der Waals surface area contributed by atoms with Crippen molar-refractivity contribution in [3.05, 3.63) is 29.8 Å². The molecule has 0 heterocycles. The second-order valence-electron chi connectivity index (χ2n) is 3.46. The van der Waals surface area contributed by atoms with Gasteiger partial charge in [-0.05, 0) is 31.2 Å². The Bertz CT molecular complexity index is 341. The summed E-state index contributed by atoms with van der Waals surface area (Å²) < 4.78 is 0. The van der Waals surface area contributed by atoms with Gasteiger partial charge in [-0.2, -0.15) is 0 Å². The number of carbonyl (C=O) groups is 1. The molecule has 1 rings (SSSR count). The summed E-state index contributed by atoms with van der Waals surface area (Å²) in [6.07, 6.45) is 0.619. The third-order valence-corrected chi connectivity index (χ3v) is 3.08. The van der Waals surface area contributed by atoms with E-state index in [0.717, 1.165) is 5.75 Å². The zero-order valence-corrected chi connectivity index (χ0v) is 9.59. The first kappa shape index (κ1) is 12.1. The summed E-state index contributed by atoms with van der Waals surface area (Å²) in [5.74, 6) is 0.382. The van der Waals surface area contributed by atoms with Gasteiger partial charge in [0.05, 0.1) is 6.04 Å². The monoisotopic (exact) mass is 224 g/mol. The Balaban J connectivity index is 2.35. The summed E-state index contributed by atoms with van der Waals surface area (Å²) in [5, 5.41) is 0. The zero-order chi connectivity index (χ0) is 11.3. The van der Waals surface area contributed by atoms with Crippen molar-refractivity contribution in [2.75, 3.05) is 5.75 Å². The number of hydrogen-bond donors (Lipinski definition) is 2. The molecule has 0 saturated heterocycles. The zero-order valence-electron chi connectivity index (χ0n) is 8.77. The van der Waals surface area contributed by atoms with Crippen molar-refractivity contribution in [1.82, 2.24) is 0 Å². The van der Waals surface area contributed by atoms with E-state index in [1.54, 1.807) is 11.8 Å². The summed E-state index contributed by atoms with van der Waals surface area (Å²) >= 11 is 1.69. The van der Waals surface area contributed by atoms with Gasteiger partial charge >= 0.3 is 0 Å². The first-order chi connectivity index (χ1) is 7.09. The number of aryl methyl sites for hydroxylation is 1. The highest BCUT2D eigenvalue weighted by Gasteiger charge is 2.08. The molecule has 0 aliphatic carbocycles. The molecule has 1 aromatic rings. The lowest BCUT2D eigenvalue weighted by molar-refractivity contribution is -0.119. The van der Waals surface area contributed by atoms with Crippen LogP contribution in [0.3, 0.4) is 0 Å². The number of benzene rings is 1. The molecule has 4 N–H and O–H groups in total. The molecule has 0 radical (unpaired) electrons. The average Bonchev–Trinajstić information content (AvgIpc) is 2.17. The highest BCUT2D eigenvalue weighted by Crippen LogP contribution is 2.19. The van der Waals surface area contributed by atoms with Crippen LogP contribution in [0.15, 0.2) is 29.2 Å². The molecule has 0 spiro atoms. The Kier molecular flexibility index (Phi) is 4.65. The molecule has 1 atom stereocenters. The lowest BCUT2D eigenvalue weighted by Gasteiger charge is -2.06. The maximum Gasteiger partial charge on any atom is 0.234 e. The molecule has 1 unspecified atom stereocenters. The van der Waals surface area contributed by atoms with Crippen molar-refractivity contribution in [3.8, 4) is 0 Å². The maximum atomic E-state index is 10.7. The minimum Gasteiger partial charge on any atom is -0.368 e. The van der Waals surface area contributed by atoms with Gasteiger partial charge < -0.3 is 11.5 Å². The van der Waals surface area contributed by atoms with Crippen LogP contribution >= 0.6 is 11.8 Å². The third kappa shape index (κ3) is 4.36. The van der Waals surface area contributed by atoms with Gasteiger partial charge in [0.1, 0.15) is 0 Å². The SMILES string of the molecule is Cc1cccc(SCCC(N)C(N)=O)c1. The van der Waals surface area contributed by atoms with Crippen LogP contribution in [-0.4, -0.2) is 17.7 Å². The molecule has 15 heavy (non-hydrogen) atoms. The fraction of sp³-hybridized carbons (Fsp3) is 0.364. The van der Waals surface area contributed by atoms with Gasteiger partial charge in [-0.25, -0.2) is 0 Å². The molecular formula is C11H16N2OS. The van der Waals surface area contributed by atoms with E-state index < -0.39 is 11.9 Å². The number of thioether (sulfide) groups is 1. The fourth-order valence-corrected chi connectivity index (χ4v) is 2.20. The number of rotatable bonds is 5. The van der Waals surface area contributed by atoms with Crippen LogP contribution in [0.25, 0.3) is 0 Å². The predicted octanol–water partition coefficient (Wildman–Crippen LogP) is 1.29. The molecule has 0 aliphatic rings. The van der Waals surface area contributed by atoms with Crippen LogP contribution in [0.1, 0.15) is 12.0 Å². The van der Waals surface area contributed by atoms with Gasteiger partial charge in [-0.15, -0.1) is 11.8 Å². The molecule has 0 saturated carbocycles. The minimum absolute atomic E-state index is 0.431. The number of nitrogens with two attached hydrogens (primary N) is 2. The molecule has 82 valence electrons. The quantitative estimate of drug-likeness (QED) is 0.740. The second-order valence-corrected chi connectivity index (χ2v) is 4.63. The van der Waals surface area contributed by atoms with Crippen molar-refractivity contribution in [2.45, 2.75) is 24.3 Å². The Labute approximate surface area is 94.2 Å². The van der Waals surface area contributed by atoms with Gasteiger partial charge in [-0.3, -0.25) is 4.79 Å². The van der Waals surface area contributed by atoms with E-state index in [-0.39, 0.29) is 0 Å². The van der Waals surface area contributed by atoms with Gasteiger partial charge in [0, 0.05) is 4.90 Å². The summed E-state index contributed by atoms with van der Waals surface area (Å²) in [6.45, 7) is 2.05. The van der Waals surface area contributed by atoms with Crippen molar-refractivity contribution in [3.63, 3.8) is 0 Å². The lowest BCUT2D eigenvalue weighted by atomic mass is 10.2. The summed E-state index contributed by atoms with van der Waals surface area (Å²) in [4.78, 5) is 11.9. The normalized spacial score (nSPS) is 12.4. The van der Waals surface area contributed by atoms with Gasteiger partial charge in [0.2, 0.25) is 5.91 Å². The van der Waals surface area contributed by atoms with Crippen molar-refractivity contribution in [1.29, 1.82) is 0 Å². The van der Waals surface area contributed by atoms with Crippen molar-refractivity contribution < 1.29 is 4.79 Å². The minimum atomic E-state index is -0.526. The molecule has 0 bridgehead atoms. The van der Waals surface area contributed by atoms with E-state index >= 15 is 0 Å². The number of primary amides is 1. The summed E-state index contributed by atoms with van der Waals surface area (Å²) in [7, 11) is 0. The molecule has 4 heteroatoms. The van der Waals surface area contributed by atoms with E-state index in [0.29, 0.717) is 6.42 Å². The van der Waals surface area contributed by atoms with E-state index in [1.165, 1.54) is 10.5 Å². The topological polar surface area (TPSA) is 69.1 Å². The molecule has 0 fully saturated rings. The smallest absolute Gasteiger partial charge is 0.234 e. The number of carbonyl (C=O) groups excluding carboxylic acids is 1. The Morgan fingerprint density at radius 1 is 1.53 bits per heavy atom. The number of amides is 1. The van der Waals surface area contributed by atoms with Crippen LogP contribution in [0.2, 0.25) is 0 Å². The average molecular weight is 224 g/mol. The van der Waals surface area contributed by atoms with E-state index in [9.17, 15) is 4.79 Å². The Morgan fingerprint density at radius 3 is 2.87 bits per heavy atom. The summed E-state index contributed by atoms with van der Waals surface area (Å²) in [5.41, 5.74) is 11.8. The van der Waals surface area contributed by atoms with Crippen LogP contribution < -0.4 is 11.5 Å². The molecule has 0 aliphatic heterocycles. The molecule has 3 nitrogen and oxygen atoms in total. The first-order valence-corrected chi connectivity index (χ1v) is 5.82. The largest absolute Gasteiger partial charge is 0.368 e.